The Morgan fingerprint density at radius 3 is 2.53 bits per heavy atom. The summed E-state index contributed by atoms with van der Waals surface area (Å²) in [6.07, 6.45) is 0.772. The summed E-state index contributed by atoms with van der Waals surface area (Å²) < 4.78 is 0. The molecule has 5 heteroatoms. The van der Waals surface area contributed by atoms with E-state index >= 15 is 0 Å². The molecule has 0 fully saturated rings. The van der Waals surface area contributed by atoms with Crippen LogP contribution in [0.4, 0.5) is 0 Å². The molecule has 0 radical (unpaired) electrons. The number of benzene rings is 1. The number of likely N-dealkylation sites (N-methyl/N-ethyl adjacent to an activating group) is 2. The molecular formula is C14H21N3O2. The Labute approximate surface area is 113 Å². The van der Waals surface area contributed by atoms with Crippen molar-refractivity contribution in [2.24, 2.45) is 0 Å². The van der Waals surface area contributed by atoms with Crippen molar-refractivity contribution < 1.29 is 9.59 Å². The molecule has 0 aliphatic carbocycles. The van der Waals surface area contributed by atoms with Gasteiger partial charge in [-0.05, 0) is 38.6 Å². The molecule has 0 spiro atoms. The van der Waals surface area contributed by atoms with E-state index in [9.17, 15) is 9.59 Å². The van der Waals surface area contributed by atoms with E-state index in [0.29, 0.717) is 5.56 Å². The van der Waals surface area contributed by atoms with E-state index in [1.807, 2.05) is 25.2 Å². The smallest absolute Gasteiger partial charge is 0.252 e. The Bertz CT molecular complexity index is 446. The van der Waals surface area contributed by atoms with Crippen LogP contribution in [0.3, 0.4) is 0 Å². The second-order valence-corrected chi connectivity index (χ2v) is 4.32. The normalized spacial score (nSPS) is 11.7. The van der Waals surface area contributed by atoms with Gasteiger partial charge in [0.05, 0.1) is 0 Å². The summed E-state index contributed by atoms with van der Waals surface area (Å²) in [5, 5.41) is 8.25. The summed E-state index contributed by atoms with van der Waals surface area (Å²) in [6, 6.07) is 6.88. The van der Waals surface area contributed by atoms with Crippen molar-refractivity contribution in [3.63, 3.8) is 0 Å². The van der Waals surface area contributed by atoms with Gasteiger partial charge in [-0.15, -0.1) is 0 Å². The van der Waals surface area contributed by atoms with Crippen molar-refractivity contribution in [2.75, 3.05) is 20.6 Å². The van der Waals surface area contributed by atoms with Crippen LogP contribution >= 0.6 is 0 Å². The minimum atomic E-state index is -0.546. The maximum absolute atomic E-state index is 12.1. The highest BCUT2D eigenvalue weighted by molar-refractivity contribution is 5.98. The van der Waals surface area contributed by atoms with Gasteiger partial charge in [0.15, 0.2) is 0 Å². The minimum absolute atomic E-state index is 0.207. The molecule has 19 heavy (non-hydrogen) atoms. The lowest BCUT2D eigenvalue weighted by Gasteiger charge is -2.14. The van der Waals surface area contributed by atoms with Crippen LogP contribution in [0, 0.1) is 0 Å². The van der Waals surface area contributed by atoms with Gasteiger partial charge in [-0.2, -0.15) is 0 Å². The Balaban J connectivity index is 2.78. The summed E-state index contributed by atoms with van der Waals surface area (Å²) in [5.74, 6) is -0.427. The Morgan fingerprint density at radius 2 is 1.89 bits per heavy atom. The molecule has 1 aromatic carbocycles. The lowest BCUT2D eigenvalue weighted by atomic mass is 10.0. The third-order valence-corrected chi connectivity index (χ3v) is 2.89. The average Bonchev–Trinajstić information content (AvgIpc) is 2.44. The lowest BCUT2D eigenvalue weighted by Crippen LogP contribution is -2.43. The maximum atomic E-state index is 12.1. The van der Waals surface area contributed by atoms with Crippen LogP contribution in [0.15, 0.2) is 24.3 Å². The first-order chi connectivity index (χ1) is 9.10. The zero-order chi connectivity index (χ0) is 14.3. The number of carbonyl (C=O) groups excluding carboxylic acids is 2. The molecule has 0 heterocycles. The van der Waals surface area contributed by atoms with Crippen LogP contribution in [0.2, 0.25) is 0 Å². The fraction of sp³-hybridized carbons (Fsp3) is 0.429. The largest absolute Gasteiger partial charge is 0.357 e. The van der Waals surface area contributed by atoms with Crippen molar-refractivity contribution >= 4 is 11.8 Å². The molecule has 0 aromatic heterocycles. The zero-order valence-corrected chi connectivity index (χ0v) is 11.6. The van der Waals surface area contributed by atoms with E-state index in [2.05, 4.69) is 16.0 Å². The van der Waals surface area contributed by atoms with E-state index in [-0.39, 0.29) is 11.8 Å². The molecule has 5 nitrogen and oxygen atoms in total. The van der Waals surface area contributed by atoms with Gasteiger partial charge < -0.3 is 16.0 Å². The summed E-state index contributed by atoms with van der Waals surface area (Å²) in [5.41, 5.74) is 1.59. The van der Waals surface area contributed by atoms with E-state index in [1.165, 1.54) is 0 Å². The SMILES string of the molecule is CNCCc1ccccc1C(=O)NC(C)C(=O)NC. The zero-order valence-electron chi connectivity index (χ0n) is 11.6. The summed E-state index contributed by atoms with van der Waals surface area (Å²) >= 11 is 0. The van der Waals surface area contributed by atoms with E-state index in [1.54, 1.807) is 20.0 Å². The topological polar surface area (TPSA) is 70.2 Å². The molecule has 1 rings (SSSR count). The molecule has 0 aliphatic rings. The molecule has 1 unspecified atom stereocenters. The first-order valence-electron chi connectivity index (χ1n) is 6.35. The maximum Gasteiger partial charge on any atom is 0.252 e. The molecule has 2 amide bonds. The molecule has 0 saturated heterocycles. The number of amides is 2. The highest BCUT2D eigenvalue weighted by Crippen LogP contribution is 2.09. The molecule has 104 valence electrons. The van der Waals surface area contributed by atoms with Crippen LogP contribution in [0.25, 0.3) is 0 Å². The van der Waals surface area contributed by atoms with Gasteiger partial charge in [-0.3, -0.25) is 9.59 Å². The molecule has 1 aromatic rings. The molecular weight excluding hydrogens is 242 g/mol. The van der Waals surface area contributed by atoms with Crippen molar-refractivity contribution in [1.29, 1.82) is 0 Å². The monoisotopic (exact) mass is 263 g/mol. The number of hydrogen-bond donors (Lipinski definition) is 3. The van der Waals surface area contributed by atoms with Crippen LogP contribution in [-0.4, -0.2) is 38.5 Å². The van der Waals surface area contributed by atoms with Gasteiger partial charge in [0, 0.05) is 12.6 Å². The summed E-state index contributed by atoms with van der Waals surface area (Å²) in [6.45, 7) is 2.46. The predicted octanol–water partition coefficient (Wildman–Crippen LogP) is 0.313. The third kappa shape index (κ3) is 4.37. The molecule has 0 aliphatic heterocycles. The summed E-state index contributed by atoms with van der Waals surface area (Å²) in [4.78, 5) is 23.5. The number of nitrogens with one attached hydrogen (secondary N) is 3. The highest BCUT2D eigenvalue weighted by atomic mass is 16.2. The number of carbonyl (C=O) groups is 2. The highest BCUT2D eigenvalue weighted by Gasteiger charge is 2.16. The van der Waals surface area contributed by atoms with Crippen molar-refractivity contribution in [3.8, 4) is 0 Å². The predicted molar refractivity (Wildman–Crippen MR) is 75.1 cm³/mol. The quantitative estimate of drug-likeness (QED) is 0.692. The standard InChI is InChI=1S/C14H21N3O2/c1-10(13(18)16-3)17-14(19)12-7-5-4-6-11(12)8-9-15-2/h4-7,10,15H,8-9H2,1-3H3,(H,16,18)(H,17,19). The number of rotatable bonds is 6. The van der Waals surface area contributed by atoms with Crippen LogP contribution in [-0.2, 0) is 11.2 Å². The van der Waals surface area contributed by atoms with E-state index < -0.39 is 6.04 Å². The van der Waals surface area contributed by atoms with Gasteiger partial charge in [0.25, 0.3) is 5.91 Å². The minimum Gasteiger partial charge on any atom is -0.357 e. The van der Waals surface area contributed by atoms with Gasteiger partial charge in [-0.25, -0.2) is 0 Å². The first kappa shape index (κ1) is 15.2. The first-order valence-corrected chi connectivity index (χ1v) is 6.35. The van der Waals surface area contributed by atoms with Crippen LogP contribution in [0.5, 0.6) is 0 Å². The van der Waals surface area contributed by atoms with E-state index in [4.69, 9.17) is 0 Å². The number of hydrogen-bond acceptors (Lipinski definition) is 3. The molecule has 3 N–H and O–H groups in total. The fourth-order valence-electron chi connectivity index (χ4n) is 1.78. The van der Waals surface area contributed by atoms with Crippen molar-refractivity contribution in [3.05, 3.63) is 35.4 Å². The molecule has 0 bridgehead atoms. The summed E-state index contributed by atoms with van der Waals surface area (Å²) in [7, 11) is 3.42. The van der Waals surface area contributed by atoms with Crippen molar-refractivity contribution in [2.45, 2.75) is 19.4 Å². The average molecular weight is 263 g/mol. The Kier molecular flexibility index (Phi) is 6.02. The molecule has 1 atom stereocenters. The third-order valence-electron chi connectivity index (χ3n) is 2.89. The fourth-order valence-corrected chi connectivity index (χ4v) is 1.78. The Morgan fingerprint density at radius 1 is 1.21 bits per heavy atom. The van der Waals surface area contributed by atoms with Gasteiger partial charge in [0.2, 0.25) is 5.91 Å². The second-order valence-electron chi connectivity index (χ2n) is 4.32. The van der Waals surface area contributed by atoms with Crippen molar-refractivity contribution in [1.82, 2.24) is 16.0 Å². The second kappa shape index (κ2) is 7.53. The van der Waals surface area contributed by atoms with Gasteiger partial charge in [0.1, 0.15) is 6.04 Å². The Hall–Kier alpha value is -1.88. The lowest BCUT2D eigenvalue weighted by molar-refractivity contribution is -0.122. The molecule has 0 saturated carbocycles. The van der Waals surface area contributed by atoms with Gasteiger partial charge in [-0.1, -0.05) is 18.2 Å². The van der Waals surface area contributed by atoms with Crippen LogP contribution in [0.1, 0.15) is 22.8 Å². The van der Waals surface area contributed by atoms with Crippen LogP contribution < -0.4 is 16.0 Å². The van der Waals surface area contributed by atoms with Gasteiger partial charge >= 0.3 is 0 Å². The van der Waals surface area contributed by atoms with E-state index in [0.717, 1.165) is 18.5 Å².